The first-order valence-electron chi connectivity index (χ1n) is 7.44. The van der Waals surface area contributed by atoms with E-state index in [4.69, 9.17) is 10.5 Å². The fourth-order valence-electron chi connectivity index (χ4n) is 3.21. The van der Waals surface area contributed by atoms with Gasteiger partial charge in [-0.1, -0.05) is 31.0 Å². The Bertz CT molecular complexity index is 495. The van der Waals surface area contributed by atoms with Gasteiger partial charge < -0.3 is 15.4 Å². The number of amides is 1. The van der Waals surface area contributed by atoms with E-state index in [1.807, 2.05) is 29.2 Å². The average molecular weight is 274 g/mol. The summed E-state index contributed by atoms with van der Waals surface area (Å²) >= 11 is 0. The van der Waals surface area contributed by atoms with Crippen LogP contribution < -0.4 is 10.5 Å². The minimum Gasteiger partial charge on any atom is -0.491 e. The maximum absolute atomic E-state index is 12.5. The zero-order chi connectivity index (χ0) is 14.0. The summed E-state index contributed by atoms with van der Waals surface area (Å²) < 4.78 is 5.70. The largest absolute Gasteiger partial charge is 0.491 e. The van der Waals surface area contributed by atoms with Gasteiger partial charge >= 0.3 is 0 Å². The Morgan fingerprint density at radius 2 is 2.05 bits per heavy atom. The first kappa shape index (κ1) is 13.4. The highest BCUT2D eigenvalue weighted by molar-refractivity contribution is 5.77. The summed E-state index contributed by atoms with van der Waals surface area (Å²) in [5, 5.41) is 0. The van der Waals surface area contributed by atoms with Crippen LogP contribution in [0.1, 0.15) is 37.7 Å². The van der Waals surface area contributed by atoms with E-state index >= 15 is 0 Å². The van der Waals surface area contributed by atoms with Crippen molar-refractivity contribution in [2.24, 2.45) is 5.73 Å². The predicted octanol–water partition coefficient (Wildman–Crippen LogP) is 2.07. The Morgan fingerprint density at radius 1 is 1.30 bits per heavy atom. The van der Waals surface area contributed by atoms with Gasteiger partial charge in [-0.15, -0.1) is 0 Å². The van der Waals surface area contributed by atoms with Gasteiger partial charge in [0.05, 0.1) is 6.54 Å². The zero-order valence-corrected chi connectivity index (χ0v) is 11.8. The van der Waals surface area contributed by atoms with Crippen molar-refractivity contribution in [3.05, 3.63) is 29.8 Å². The van der Waals surface area contributed by atoms with Crippen molar-refractivity contribution in [2.45, 2.75) is 44.2 Å². The maximum Gasteiger partial charge on any atom is 0.224 e. The summed E-state index contributed by atoms with van der Waals surface area (Å²) in [6.07, 6.45) is 4.71. The number of hydrogen-bond donors (Lipinski definition) is 1. The standard InChI is InChI=1S/C16H22N2O2/c17-16(7-3-4-8-16)11-15(19)18-9-10-20-14-6-2-1-5-13(14)12-18/h1-2,5-6H,3-4,7-12,17H2. The SMILES string of the molecule is NC1(CC(=O)N2CCOc3ccccc3C2)CCCC1. The minimum atomic E-state index is -0.274. The highest BCUT2D eigenvalue weighted by Gasteiger charge is 2.33. The van der Waals surface area contributed by atoms with Crippen molar-refractivity contribution in [2.75, 3.05) is 13.2 Å². The van der Waals surface area contributed by atoms with Gasteiger partial charge in [-0.05, 0) is 18.9 Å². The molecule has 4 nitrogen and oxygen atoms in total. The number of ether oxygens (including phenoxy) is 1. The monoisotopic (exact) mass is 274 g/mol. The van der Waals surface area contributed by atoms with E-state index in [1.54, 1.807) is 0 Å². The molecule has 0 spiro atoms. The molecule has 1 heterocycles. The van der Waals surface area contributed by atoms with Gasteiger partial charge in [0.15, 0.2) is 0 Å². The van der Waals surface area contributed by atoms with Gasteiger partial charge in [0.2, 0.25) is 5.91 Å². The van der Waals surface area contributed by atoms with Crippen LogP contribution in [0.15, 0.2) is 24.3 Å². The molecule has 1 aromatic rings. The summed E-state index contributed by atoms with van der Waals surface area (Å²) in [5.74, 6) is 1.06. The van der Waals surface area contributed by atoms with Gasteiger partial charge in [-0.2, -0.15) is 0 Å². The lowest BCUT2D eigenvalue weighted by molar-refractivity contribution is -0.133. The summed E-state index contributed by atoms with van der Waals surface area (Å²) in [4.78, 5) is 14.4. The van der Waals surface area contributed by atoms with Crippen LogP contribution in [0.25, 0.3) is 0 Å². The Morgan fingerprint density at radius 3 is 2.85 bits per heavy atom. The van der Waals surface area contributed by atoms with Crippen molar-refractivity contribution in [1.29, 1.82) is 0 Å². The Hall–Kier alpha value is -1.55. The van der Waals surface area contributed by atoms with Crippen LogP contribution in [-0.4, -0.2) is 29.5 Å². The van der Waals surface area contributed by atoms with Crippen molar-refractivity contribution in [3.63, 3.8) is 0 Å². The third-order valence-electron chi connectivity index (χ3n) is 4.41. The van der Waals surface area contributed by atoms with E-state index in [1.165, 1.54) is 0 Å². The molecule has 0 bridgehead atoms. The van der Waals surface area contributed by atoms with Crippen molar-refractivity contribution >= 4 is 5.91 Å². The van der Waals surface area contributed by atoms with Gasteiger partial charge in [-0.25, -0.2) is 0 Å². The molecule has 1 amide bonds. The van der Waals surface area contributed by atoms with Crippen LogP contribution in [0.2, 0.25) is 0 Å². The second-order valence-electron chi connectivity index (χ2n) is 6.02. The van der Waals surface area contributed by atoms with Crippen LogP contribution in [0.3, 0.4) is 0 Å². The number of para-hydroxylation sites is 1. The quantitative estimate of drug-likeness (QED) is 0.898. The fourth-order valence-corrected chi connectivity index (χ4v) is 3.21. The van der Waals surface area contributed by atoms with Crippen molar-refractivity contribution in [3.8, 4) is 5.75 Å². The summed E-state index contributed by atoms with van der Waals surface area (Å²) in [7, 11) is 0. The van der Waals surface area contributed by atoms with E-state index in [9.17, 15) is 4.79 Å². The smallest absolute Gasteiger partial charge is 0.224 e. The number of carbonyl (C=O) groups is 1. The molecule has 1 aliphatic heterocycles. The van der Waals surface area contributed by atoms with E-state index in [-0.39, 0.29) is 11.4 Å². The van der Waals surface area contributed by atoms with Gasteiger partial charge in [0, 0.05) is 24.1 Å². The Labute approximate surface area is 119 Å². The normalized spacial score (nSPS) is 20.9. The lowest BCUT2D eigenvalue weighted by Crippen LogP contribution is -2.44. The molecule has 0 aromatic heterocycles. The molecule has 1 aliphatic carbocycles. The maximum atomic E-state index is 12.5. The molecule has 0 saturated heterocycles. The van der Waals surface area contributed by atoms with Crippen molar-refractivity contribution < 1.29 is 9.53 Å². The van der Waals surface area contributed by atoms with Crippen LogP contribution in [-0.2, 0) is 11.3 Å². The molecule has 1 aromatic carbocycles. The van der Waals surface area contributed by atoms with Gasteiger partial charge in [-0.3, -0.25) is 4.79 Å². The Kier molecular flexibility index (Phi) is 3.66. The van der Waals surface area contributed by atoms with E-state index in [0.717, 1.165) is 37.0 Å². The van der Waals surface area contributed by atoms with E-state index in [2.05, 4.69) is 0 Å². The molecule has 1 saturated carbocycles. The number of nitrogens with two attached hydrogens (primary N) is 1. The first-order valence-corrected chi connectivity index (χ1v) is 7.44. The number of benzene rings is 1. The predicted molar refractivity (Wildman–Crippen MR) is 77.4 cm³/mol. The molecular formula is C16H22N2O2. The molecule has 2 aliphatic rings. The number of hydrogen-bond acceptors (Lipinski definition) is 3. The molecule has 3 rings (SSSR count). The average Bonchev–Trinajstić information content (AvgIpc) is 2.74. The fraction of sp³-hybridized carbons (Fsp3) is 0.562. The second kappa shape index (κ2) is 5.44. The molecule has 2 N–H and O–H groups in total. The van der Waals surface area contributed by atoms with Crippen LogP contribution >= 0.6 is 0 Å². The molecule has 4 heteroatoms. The molecule has 108 valence electrons. The topological polar surface area (TPSA) is 55.6 Å². The molecule has 1 fully saturated rings. The lowest BCUT2D eigenvalue weighted by atomic mass is 9.94. The van der Waals surface area contributed by atoms with Gasteiger partial charge in [0.1, 0.15) is 12.4 Å². The van der Waals surface area contributed by atoms with Crippen LogP contribution in [0, 0.1) is 0 Å². The highest BCUT2D eigenvalue weighted by Crippen LogP contribution is 2.31. The molecule has 20 heavy (non-hydrogen) atoms. The van der Waals surface area contributed by atoms with Crippen LogP contribution in [0.5, 0.6) is 5.75 Å². The zero-order valence-electron chi connectivity index (χ0n) is 11.8. The van der Waals surface area contributed by atoms with Crippen molar-refractivity contribution in [1.82, 2.24) is 4.90 Å². The second-order valence-corrected chi connectivity index (χ2v) is 6.02. The minimum absolute atomic E-state index is 0.162. The number of carbonyl (C=O) groups excluding carboxylic acids is 1. The summed E-state index contributed by atoms with van der Waals surface area (Å²) in [5.41, 5.74) is 7.13. The molecular weight excluding hydrogens is 252 g/mol. The van der Waals surface area contributed by atoms with Gasteiger partial charge in [0.25, 0.3) is 0 Å². The Balaban J connectivity index is 1.69. The van der Waals surface area contributed by atoms with Crippen LogP contribution in [0.4, 0.5) is 0 Å². The molecule has 0 radical (unpaired) electrons. The number of fused-ring (bicyclic) bond motifs is 1. The van der Waals surface area contributed by atoms with E-state index < -0.39 is 0 Å². The first-order chi connectivity index (χ1) is 9.66. The number of nitrogens with zero attached hydrogens (tertiary/aromatic N) is 1. The van der Waals surface area contributed by atoms with E-state index in [0.29, 0.717) is 26.1 Å². The third kappa shape index (κ3) is 2.80. The molecule has 0 atom stereocenters. The third-order valence-corrected chi connectivity index (χ3v) is 4.41. The summed E-state index contributed by atoms with van der Waals surface area (Å²) in [6.45, 7) is 1.83. The molecule has 0 unspecified atom stereocenters. The summed E-state index contributed by atoms with van der Waals surface area (Å²) in [6, 6.07) is 7.93. The number of rotatable bonds is 2. The highest BCUT2D eigenvalue weighted by atomic mass is 16.5. The lowest BCUT2D eigenvalue weighted by Gasteiger charge is -2.27.